The summed E-state index contributed by atoms with van der Waals surface area (Å²) in [6, 6.07) is 0. The Morgan fingerprint density at radius 3 is 2.88 bits per heavy atom. The first-order chi connectivity index (χ1) is 3.81. The third kappa shape index (κ3) is 4.52. The number of rotatable bonds is 4. The second-order valence-corrected chi connectivity index (χ2v) is 2.86. The predicted molar refractivity (Wildman–Crippen MR) is 44.9 cm³/mol. The summed E-state index contributed by atoms with van der Waals surface area (Å²) >= 11 is 2.17. The highest BCUT2D eigenvalue weighted by atomic mass is 127. The Labute approximate surface area is 63.7 Å². The highest BCUT2D eigenvalue weighted by Gasteiger charge is 1.92. The smallest absolute Gasteiger partial charge is 0.0944 e. The van der Waals surface area contributed by atoms with Crippen LogP contribution in [0.3, 0.4) is 0 Å². The minimum Gasteiger partial charge on any atom is -0.311 e. The van der Waals surface area contributed by atoms with Crippen LogP contribution in [0.1, 0.15) is 13.3 Å². The summed E-state index contributed by atoms with van der Waals surface area (Å²) in [7, 11) is 0. The molecular formula is C5H11IN2. The van der Waals surface area contributed by atoms with E-state index >= 15 is 0 Å². The number of hydrogen-bond acceptors (Lipinski definition) is 2. The molecule has 0 saturated heterocycles. The van der Waals surface area contributed by atoms with Gasteiger partial charge in [-0.25, -0.2) is 0 Å². The van der Waals surface area contributed by atoms with Crippen LogP contribution in [0.15, 0.2) is 0 Å². The Balaban J connectivity index is 2.98. The fourth-order valence-electron chi connectivity index (χ4n) is 0.341. The van der Waals surface area contributed by atoms with E-state index in [0.29, 0.717) is 0 Å². The Morgan fingerprint density at radius 1 is 1.88 bits per heavy atom. The van der Waals surface area contributed by atoms with Gasteiger partial charge < -0.3 is 10.7 Å². The quantitative estimate of drug-likeness (QED) is 0.323. The lowest BCUT2D eigenvalue weighted by molar-refractivity contribution is 0.733. The van der Waals surface area contributed by atoms with E-state index in [-0.39, 0.29) is 4.05 Å². The molecule has 0 aromatic rings. The first-order valence-corrected chi connectivity index (χ1v) is 3.94. The number of alkyl halides is 1. The summed E-state index contributed by atoms with van der Waals surface area (Å²) in [5.41, 5.74) is 0. The van der Waals surface area contributed by atoms with Crippen molar-refractivity contribution in [1.82, 2.24) is 5.32 Å². The van der Waals surface area contributed by atoms with Gasteiger partial charge in [-0.3, -0.25) is 0 Å². The van der Waals surface area contributed by atoms with E-state index in [1.54, 1.807) is 0 Å². The molecule has 0 heterocycles. The van der Waals surface area contributed by atoms with E-state index in [4.69, 9.17) is 5.41 Å². The molecule has 0 aliphatic rings. The fraction of sp³-hybridized carbons (Fsp3) is 0.800. The van der Waals surface area contributed by atoms with Crippen LogP contribution in [0.2, 0.25) is 0 Å². The van der Waals surface area contributed by atoms with Gasteiger partial charge in [-0.1, -0.05) is 29.5 Å². The zero-order valence-corrected chi connectivity index (χ0v) is 7.10. The molecule has 0 aliphatic heterocycles. The van der Waals surface area contributed by atoms with E-state index in [9.17, 15) is 0 Å². The van der Waals surface area contributed by atoms with Gasteiger partial charge in [-0.05, 0) is 13.0 Å². The van der Waals surface area contributed by atoms with Gasteiger partial charge in [0.05, 0.1) is 4.05 Å². The number of hydrogen-bond donors (Lipinski definition) is 2. The average Bonchev–Trinajstić information content (AvgIpc) is 1.83. The molecule has 0 rings (SSSR count). The normalized spacial score (nSPS) is 13.2. The first-order valence-electron chi connectivity index (χ1n) is 2.69. The maximum atomic E-state index is 6.79. The van der Waals surface area contributed by atoms with E-state index in [2.05, 4.69) is 34.8 Å². The third-order valence-corrected chi connectivity index (χ3v) is 1.54. The van der Waals surface area contributed by atoms with Gasteiger partial charge in [-0.2, -0.15) is 0 Å². The Bertz CT molecular complexity index is 65.4. The Morgan fingerprint density at radius 2 is 2.50 bits per heavy atom. The van der Waals surface area contributed by atoms with E-state index in [1.807, 2.05) is 0 Å². The fourth-order valence-corrected chi connectivity index (χ4v) is 0.653. The summed E-state index contributed by atoms with van der Waals surface area (Å²) in [5.74, 6) is 0. The van der Waals surface area contributed by atoms with Crippen molar-refractivity contribution >= 4 is 28.8 Å². The van der Waals surface area contributed by atoms with Crippen LogP contribution in [0.25, 0.3) is 0 Å². The van der Waals surface area contributed by atoms with Crippen LogP contribution < -0.4 is 5.32 Å². The summed E-state index contributed by atoms with van der Waals surface area (Å²) in [5, 5.41) is 9.92. The topological polar surface area (TPSA) is 35.9 Å². The van der Waals surface area contributed by atoms with E-state index < -0.39 is 0 Å². The van der Waals surface area contributed by atoms with Crippen molar-refractivity contribution in [2.24, 2.45) is 0 Å². The van der Waals surface area contributed by atoms with Gasteiger partial charge in [0, 0.05) is 6.21 Å². The van der Waals surface area contributed by atoms with Gasteiger partial charge in [0.25, 0.3) is 0 Å². The van der Waals surface area contributed by atoms with Gasteiger partial charge in [0.2, 0.25) is 0 Å². The highest BCUT2D eigenvalue weighted by Crippen LogP contribution is 1.89. The molecule has 0 aromatic heterocycles. The van der Waals surface area contributed by atoms with E-state index in [0.717, 1.165) is 13.0 Å². The van der Waals surface area contributed by atoms with Crippen LogP contribution >= 0.6 is 22.6 Å². The summed E-state index contributed by atoms with van der Waals surface area (Å²) in [6.45, 7) is 3.11. The molecule has 1 unspecified atom stereocenters. The van der Waals surface area contributed by atoms with Crippen molar-refractivity contribution in [1.29, 1.82) is 5.41 Å². The van der Waals surface area contributed by atoms with Gasteiger partial charge in [0.1, 0.15) is 0 Å². The highest BCUT2D eigenvalue weighted by molar-refractivity contribution is 14.1. The van der Waals surface area contributed by atoms with Crippen molar-refractivity contribution in [3.63, 3.8) is 0 Å². The Hall–Kier alpha value is 0.360. The second-order valence-electron chi connectivity index (χ2n) is 1.52. The average molecular weight is 226 g/mol. The van der Waals surface area contributed by atoms with Crippen LogP contribution in [-0.4, -0.2) is 16.8 Å². The molecule has 0 amide bonds. The summed E-state index contributed by atoms with van der Waals surface area (Å²) in [6.07, 6.45) is 2.53. The van der Waals surface area contributed by atoms with Crippen molar-refractivity contribution in [3.05, 3.63) is 0 Å². The third-order valence-electron chi connectivity index (χ3n) is 0.736. The lowest BCUT2D eigenvalue weighted by Crippen LogP contribution is -2.24. The SMILES string of the molecule is CCCNC(I)C=N. The molecule has 0 aromatic carbocycles. The molecular weight excluding hydrogens is 215 g/mol. The monoisotopic (exact) mass is 226 g/mol. The molecule has 0 radical (unpaired) electrons. The lowest BCUT2D eigenvalue weighted by atomic mass is 10.5. The Kier molecular flexibility index (Phi) is 5.74. The van der Waals surface area contributed by atoms with Crippen LogP contribution in [0, 0.1) is 5.41 Å². The predicted octanol–water partition coefficient (Wildman–Crippen LogP) is 1.40. The minimum atomic E-state index is 0.215. The number of halogens is 1. The molecule has 2 nitrogen and oxygen atoms in total. The van der Waals surface area contributed by atoms with Crippen LogP contribution in [-0.2, 0) is 0 Å². The van der Waals surface area contributed by atoms with Crippen molar-refractivity contribution in [2.75, 3.05) is 6.54 Å². The van der Waals surface area contributed by atoms with Crippen LogP contribution in [0.4, 0.5) is 0 Å². The second kappa shape index (κ2) is 5.50. The molecule has 3 heteroatoms. The van der Waals surface area contributed by atoms with Crippen LogP contribution in [0.5, 0.6) is 0 Å². The minimum absolute atomic E-state index is 0.215. The molecule has 0 aliphatic carbocycles. The first kappa shape index (κ1) is 8.36. The summed E-state index contributed by atoms with van der Waals surface area (Å²) < 4.78 is 0.215. The zero-order valence-electron chi connectivity index (χ0n) is 4.95. The number of nitrogens with one attached hydrogen (secondary N) is 2. The molecule has 1 atom stereocenters. The molecule has 0 spiro atoms. The van der Waals surface area contributed by atoms with Crippen molar-refractivity contribution < 1.29 is 0 Å². The molecule has 0 bridgehead atoms. The molecule has 0 saturated carbocycles. The molecule has 48 valence electrons. The molecule has 0 fully saturated rings. The largest absolute Gasteiger partial charge is 0.311 e. The molecule has 2 N–H and O–H groups in total. The maximum Gasteiger partial charge on any atom is 0.0944 e. The maximum absolute atomic E-state index is 6.79. The lowest BCUT2D eigenvalue weighted by Gasteiger charge is -2.02. The van der Waals surface area contributed by atoms with Crippen molar-refractivity contribution in [2.45, 2.75) is 17.4 Å². The molecule has 8 heavy (non-hydrogen) atoms. The zero-order chi connectivity index (χ0) is 6.41. The standard InChI is InChI=1S/C5H11IN2/c1-2-3-8-5(6)4-7/h4-5,7-8H,2-3H2,1H3. The summed E-state index contributed by atoms with van der Waals surface area (Å²) in [4.78, 5) is 0. The van der Waals surface area contributed by atoms with Crippen molar-refractivity contribution in [3.8, 4) is 0 Å². The van der Waals surface area contributed by atoms with Gasteiger partial charge in [-0.15, -0.1) is 0 Å². The van der Waals surface area contributed by atoms with E-state index in [1.165, 1.54) is 6.21 Å². The van der Waals surface area contributed by atoms with Gasteiger partial charge >= 0.3 is 0 Å². The van der Waals surface area contributed by atoms with Gasteiger partial charge in [0.15, 0.2) is 0 Å².